The molecule has 0 fully saturated rings. The molecule has 4 N–H and O–H groups in total. The van der Waals surface area contributed by atoms with Crippen LogP contribution >= 0.6 is 15.9 Å². The molecule has 0 saturated heterocycles. The molecule has 0 bridgehead atoms. The van der Waals surface area contributed by atoms with Gasteiger partial charge in [-0.2, -0.15) is 0 Å². The molecule has 0 aliphatic rings. The van der Waals surface area contributed by atoms with Crippen molar-refractivity contribution in [2.45, 2.75) is 20.3 Å². The Labute approximate surface area is 109 Å². The number of hydrogen-bond acceptors (Lipinski definition) is 3. The Bertz CT molecular complexity index is 417. The molecule has 1 unspecified atom stereocenters. The lowest BCUT2D eigenvalue weighted by Crippen LogP contribution is -2.39. The smallest absolute Gasteiger partial charge is 0.231 e. The Morgan fingerprint density at radius 2 is 2.24 bits per heavy atom. The van der Waals surface area contributed by atoms with E-state index in [-0.39, 0.29) is 18.2 Å². The number of hydrogen-bond donors (Lipinski definition) is 3. The van der Waals surface area contributed by atoms with Gasteiger partial charge in [0, 0.05) is 11.0 Å². The van der Waals surface area contributed by atoms with Crippen LogP contribution in [0.5, 0.6) is 5.75 Å². The van der Waals surface area contributed by atoms with E-state index < -0.39 is 5.41 Å². The molecule has 0 aromatic heterocycles. The minimum absolute atomic E-state index is 0.0389. The molecular weight excluding hydrogens is 284 g/mol. The van der Waals surface area contributed by atoms with Gasteiger partial charge in [0.25, 0.3) is 0 Å². The van der Waals surface area contributed by atoms with E-state index >= 15 is 0 Å². The third-order valence-corrected chi connectivity index (χ3v) is 3.48. The van der Waals surface area contributed by atoms with Gasteiger partial charge in [0.15, 0.2) is 0 Å². The summed E-state index contributed by atoms with van der Waals surface area (Å²) in [6.45, 7) is 3.98. The maximum atomic E-state index is 12.0. The van der Waals surface area contributed by atoms with E-state index in [1.165, 1.54) is 6.07 Å². The minimum atomic E-state index is -0.616. The van der Waals surface area contributed by atoms with Gasteiger partial charge in [0.1, 0.15) is 5.75 Å². The number of nitrogens with two attached hydrogens (primary N) is 1. The molecule has 94 valence electrons. The Morgan fingerprint density at radius 1 is 1.59 bits per heavy atom. The quantitative estimate of drug-likeness (QED) is 0.748. The predicted octanol–water partition coefficient (Wildman–Crippen LogP) is 2.47. The fourth-order valence-electron chi connectivity index (χ4n) is 1.28. The zero-order chi connectivity index (χ0) is 13.1. The van der Waals surface area contributed by atoms with Crippen molar-refractivity contribution in [3.05, 3.63) is 22.7 Å². The highest BCUT2D eigenvalue weighted by Crippen LogP contribution is 2.29. The monoisotopic (exact) mass is 300 g/mol. The summed E-state index contributed by atoms with van der Waals surface area (Å²) in [5.41, 5.74) is 5.38. The van der Waals surface area contributed by atoms with Crippen LogP contribution in [0.25, 0.3) is 0 Å². The molecule has 1 atom stereocenters. The average Bonchev–Trinajstić information content (AvgIpc) is 2.32. The van der Waals surface area contributed by atoms with Crippen molar-refractivity contribution in [3.8, 4) is 5.75 Å². The number of phenols is 1. The van der Waals surface area contributed by atoms with Crippen molar-refractivity contribution in [1.29, 1.82) is 0 Å². The van der Waals surface area contributed by atoms with Crippen LogP contribution in [0.4, 0.5) is 5.69 Å². The van der Waals surface area contributed by atoms with E-state index in [9.17, 15) is 9.90 Å². The third-order valence-electron chi connectivity index (χ3n) is 2.99. The summed E-state index contributed by atoms with van der Waals surface area (Å²) in [6.07, 6.45) is 0.643. The number of rotatable bonds is 4. The van der Waals surface area contributed by atoms with Crippen LogP contribution in [0.1, 0.15) is 20.3 Å². The summed E-state index contributed by atoms with van der Waals surface area (Å²) in [5.74, 6) is -0.145. The summed E-state index contributed by atoms with van der Waals surface area (Å²) in [6, 6.07) is 4.87. The number of amides is 1. The highest BCUT2D eigenvalue weighted by Gasteiger charge is 2.30. The number of benzene rings is 1. The Balaban J connectivity index is 2.91. The number of aromatic hydroxyl groups is 1. The lowest BCUT2D eigenvalue weighted by Gasteiger charge is -2.25. The van der Waals surface area contributed by atoms with E-state index in [1.807, 2.05) is 6.92 Å². The van der Waals surface area contributed by atoms with Gasteiger partial charge in [-0.1, -0.05) is 22.9 Å². The molecule has 1 aromatic carbocycles. The van der Waals surface area contributed by atoms with E-state index in [4.69, 9.17) is 5.73 Å². The minimum Gasteiger partial charge on any atom is -0.506 e. The largest absolute Gasteiger partial charge is 0.506 e. The molecule has 0 heterocycles. The van der Waals surface area contributed by atoms with Crippen LogP contribution in [0.3, 0.4) is 0 Å². The lowest BCUT2D eigenvalue weighted by atomic mass is 9.86. The number of carbonyl (C=O) groups is 1. The first-order valence-corrected chi connectivity index (χ1v) is 6.22. The van der Waals surface area contributed by atoms with Crippen molar-refractivity contribution < 1.29 is 9.90 Å². The molecule has 0 spiro atoms. The Kier molecular flexibility index (Phi) is 4.54. The number of anilines is 1. The van der Waals surface area contributed by atoms with Crippen molar-refractivity contribution in [2.75, 3.05) is 11.9 Å². The van der Waals surface area contributed by atoms with Crippen molar-refractivity contribution in [2.24, 2.45) is 11.1 Å². The van der Waals surface area contributed by atoms with Crippen LogP contribution in [-0.4, -0.2) is 17.6 Å². The zero-order valence-electron chi connectivity index (χ0n) is 9.96. The van der Waals surface area contributed by atoms with Crippen molar-refractivity contribution in [1.82, 2.24) is 0 Å². The molecule has 1 aromatic rings. The second kappa shape index (κ2) is 5.51. The fourth-order valence-corrected chi connectivity index (χ4v) is 1.64. The van der Waals surface area contributed by atoms with Crippen LogP contribution in [-0.2, 0) is 4.79 Å². The molecule has 0 aliphatic heterocycles. The molecule has 1 amide bonds. The van der Waals surface area contributed by atoms with Crippen LogP contribution in [0.2, 0.25) is 0 Å². The topological polar surface area (TPSA) is 75.4 Å². The molecule has 0 saturated carbocycles. The van der Waals surface area contributed by atoms with E-state index in [0.29, 0.717) is 12.1 Å². The summed E-state index contributed by atoms with van der Waals surface area (Å²) in [4.78, 5) is 12.0. The van der Waals surface area contributed by atoms with Gasteiger partial charge in [0.05, 0.1) is 11.1 Å². The van der Waals surface area contributed by atoms with E-state index in [1.54, 1.807) is 19.1 Å². The second-order valence-electron chi connectivity index (χ2n) is 4.23. The van der Waals surface area contributed by atoms with Crippen LogP contribution < -0.4 is 11.1 Å². The van der Waals surface area contributed by atoms with Gasteiger partial charge in [-0.3, -0.25) is 4.79 Å². The maximum absolute atomic E-state index is 12.0. The zero-order valence-corrected chi connectivity index (χ0v) is 11.5. The number of carbonyl (C=O) groups excluding carboxylic acids is 1. The fraction of sp³-hybridized carbons (Fsp3) is 0.417. The van der Waals surface area contributed by atoms with Crippen LogP contribution in [0, 0.1) is 5.41 Å². The molecule has 4 nitrogen and oxygen atoms in total. The predicted molar refractivity (Wildman–Crippen MR) is 71.9 cm³/mol. The number of nitrogens with one attached hydrogen (secondary N) is 1. The SMILES string of the molecule is CCC(C)(CN)C(=O)Nc1cc(Br)ccc1O. The van der Waals surface area contributed by atoms with Crippen molar-refractivity contribution in [3.63, 3.8) is 0 Å². The molecule has 17 heavy (non-hydrogen) atoms. The first-order valence-electron chi connectivity index (χ1n) is 5.43. The number of halogens is 1. The molecule has 0 aliphatic carbocycles. The highest BCUT2D eigenvalue weighted by atomic mass is 79.9. The maximum Gasteiger partial charge on any atom is 0.231 e. The summed E-state index contributed by atoms with van der Waals surface area (Å²) < 4.78 is 0.788. The summed E-state index contributed by atoms with van der Waals surface area (Å²) in [5, 5.41) is 12.3. The van der Waals surface area contributed by atoms with Gasteiger partial charge < -0.3 is 16.2 Å². The van der Waals surface area contributed by atoms with Gasteiger partial charge in [-0.15, -0.1) is 0 Å². The Hall–Kier alpha value is -1.07. The van der Waals surface area contributed by atoms with Gasteiger partial charge in [0.2, 0.25) is 5.91 Å². The van der Waals surface area contributed by atoms with Crippen LogP contribution in [0.15, 0.2) is 22.7 Å². The van der Waals surface area contributed by atoms with E-state index in [2.05, 4.69) is 21.2 Å². The molecular formula is C12H17BrN2O2. The average molecular weight is 301 g/mol. The van der Waals surface area contributed by atoms with Gasteiger partial charge in [-0.25, -0.2) is 0 Å². The Morgan fingerprint density at radius 3 is 2.76 bits per heavy atom. The normalized spacial score (nSPS) is 14.1. The van der Waals surface area contributed by atoms with Crippen molar-refractivity contribution >= 4 is 27.5 Å². The van der Waals surface area contributed by atoms with Gasteiger partial charge >= 0.3 is 0 Å². The summed E-state index contributed by atoms with van der Waals surface area (Å²) >= 11 is 3.28. The first kappa shape index (κ1) is 14.0. The van der Waals surface area contributed by atoms with E-state index in [0.717, 1.165) is 4.47 Å². The molecule has 5 heteroatoms. The lowest BCUT2D eigenvalue weighted by molar-refractivity contribution is -0.124. The van der Waals surface area contributed by atoms with Gasteiger partial charge in [-0.05, 0) is 31.5 Å². The number of phenolic OH excluding ortho intramolecular Hbond substituents is 1. The first-order chi connectivity index (χ1) is 7.92. The highest BCUT2D eigenvalue weighted by molar-refractivity contribution is 9.10. The molecule has 0 radical (unpaired) electrons. The second-order valence-corrected chi connectivity index (χ2v) is 5.15. The standard InChI is InChI=1S/C12H17BrN2O2/c1-3-12(2,7-14)11(17)15-9-6-8(13)4-5-10(9)16/h4-6,16H,3,7,14H2,1-2H3,(H,15,17). The summed E-state index contributed by atoms with van der Waals surface area (Å²) in [7, 11) is 0. The molecule has 1 rings (SSSR count). The third kappa shape index (κ3) is 3.20.